The van der Waals surface area contributed by atoms with Crippen molar-refractivity contribution in [1.29, 1.82) is 0 Å². The van der Waals surface area contributed by atoms with Gasteiger partial charge in [-0.15, -0.1) is 0 Å². The third-order valence-electron chi connectivity index (χ3n) is 2.79. The molecule has 0 radical (unpaired) electrons. The molecule has 0 unspecified atom stereocenters. The van der Waals surface area contributed by atoms with Crippen LogP contribution < -0.4 is 16.6 Å². The van der Waals surface area contributed by atoms with Crippen molar-refractivity contribution in [3.05, 3.63) is 47.0 Å². The van der Waals surface area contributed by atoms with Crippen LogP contribution in [0, 0.1) is 13.8 Å². The van der Waals surface area contributed by atoms with Gasteiger partial charge in [-0.1, -0.05) is 0 Å². The molecule has 0 aliphatic carbocycles. The molecule has 0 saturated heterocycles. The van der Waals surface area contributed by atoms with Gasteiger partial charge in [-0.3, -0.25) is 15.2 Å². The van der Waals surface area contributed by atoms with E-state index in [2.05, 4.69) is 25.7 Å². The summed E-state index contributed by atoms with van der Waals surface area (Å²) in [5.74, 6) is 5.20. The largest absolute Gasteiger partial charge is 0.347 e. The van der Waals surface area contributed by atoms with Crippen LogP contribution in [0.4, 0.5) is 5.95 Å². The van der Waals surface area contributed by atoms with Gasteiger partial charge in [0, 0.05) is 24.6 Å². The van der Waals surface area contributed by atoms with Crippen LogP contribution in [0.3, 0.4) is 0 Å². The first kappa shape index (κ1) is 13.9. The molecule has 7 nitrogen and oxygen atoms in total. The van der Waals surface area contributed by atoms with E-state index in [9.17, 15) is 4.79 Å². The van der Waals surface area contributed by atoms with E-state index >= 15 is 0 Å². The Balaban J connectivity index is 2.09. The lowest BCUT2D eigenvalue weighted by molar-refractivity contribution is 0.0945. The minimum Gasteiger partial charge on any atom is -0.347 e. The minimum absolute atomic E-state index is 0.218. The van der Waals surface area contributed by atoms with Crippen LogP contribution >= 0.6 is 0 Å². The van der Waals surface area contributed by atoms with E-state index in [1.54, 1.807) is 25.4 Å². The van der Waals surface area contributed by atoms with Gasteiger partial charge < -0.3 is 5.32 Å². The zero-order chi connectivity index (χ0) is 14.5. The van der Waals surface area contributed by atoms with E-state index in [1.807, 2.05) is 13.0 Å². The van der Waals surface area contributed by atoms with Crippen LogP contribution in [0.5, 0.6) is 0 Å². The van der Waals surface area contributed by atoms with E-state index in [0.717, 1.165) is 11.1 Å². The predicted octanol–water partition coefficient (Wildman–Crippen LogP) is 0.704. The number of rotatable bonds is 4. The fourth-order valence-electron chi connectivity index (χ4n) is 1.72. The lowest BCUT2D eigenvalue weighted by Crippen LogP contribution is -2.25. The summed E-state index contributed by atoms with van der Waals surface area (Å²) in [6.45, 7) is 4.13. The second kappa shape index (κ2) is 6.07. The molecule has 2 aromatic heterocycles. The maximum atomic E-state index is 12.1. The van der Waals surface area contributed by atoms with E-state index in [-0.39, 0.29) is 17.5 Å². The molecule has 2 heterocycles. The van der Waals surface area contributed by atoms with Crippen LogP contribution in [0.15, 0.2) is 24.5 Å². The summed E-state index contributed by atoms with van der Waals surface area (Å²) in [5.41, 5.74) is 5.31. The highest BCUT2D eigenvalue weighted by Crippen LogP contribution is 2.06. The number of carbonyl (C=O) groups is 1. The Labute approximate surface area is 116 Å². The maximum absolute atomic E-state index is 12.1. The number of anilines is 1. The molecule has 1 amide bonds. The topological polar surface area (TPSA) is 106 Å². The number of nitrogens with two attached hydrogens (primary N) is 1. The molecule has 0 aliphatic rings. The molecule has 7 heteroatoms. The van der Waals surface area contributed by atoms with Crippen LogP contribution in [-0.2, 0) is 6.54 Å². The number of nitrogens with one attached hydrogen (secondary N) is 2. The third-order valence-corrected chi connectivity index (χ3v) is 2.79. The number of aromatic nitrogens is 3. The summed E-state index contributed by atoms with van der Waals surface area (Å²) < 4.78 is 0. The van der Waals surface area contributed by atoms with Crippen molar-refractivity contribution in [2.75, 3.05) is 5.43 Å². The summed E-state index contributed by atoms with van der Waals surface area (Å²) in [5, 5.41) is 2.81. The SMILES string of the molecule is Cc1cc(C(=O)NCc2ccncc2C)nc(NN)n1. The summed E-state index contributed by atoms with van der Waals surface area (Å²) in [7, 11) is 0. The summed E-state index contributed by atoms with van der Waals surface area (Å²) in [4.78, 5) is 24.1. The molecular formula is C13H16N6O. The first-order valence-electron chi connectivity index (χ1n) is 6.10. The van der Waals surface area contributed by atoms with Crippen molar-refractivity contribution >= 4 is 11.9 Å². The fraction of sp³-hybridized carbons (Fsp3) is 0.231. The minimum atomic E-state index is -0.275. The molecule has 0 spiro atoms. The molecule has 0 aliphatic heterocycles. The van der Waals surface area contributed by atoms with Crippen LogP contribution in [0.25, 0.3) is 0 Å². The Morgan fingerprint density at radius 3 is 2.85 bits per heavy atom. The molecule has 20 heavy (non-hydrogen) atoms. The van der Waals surface area contributed by atoms with Gasteiger partial charge in [0.15, 0.2) is 0 Å². The molecule has 0 atom stereocenters. The molecule has 0 aromatic carbocycles. The monoisotopic (exact) mass is 272 g/mol. The van der Waals surface area contributed by atoms with Crippen molar-refractivity contribution in [2.45, 2.75) is 20.4 Å². The number of hydrogen-bond acceptors (Lipinski definition) is 6. The van der Waals surface area contributed by atoms with Crippen LogP contribution in [-0.4, -0.2) is 20.9 Å². The maximum Gasteiger partial charge on any atom is 0.270 e. The average Bonchev–Trinajstić information content (AvgIpc) is 2.45. The molecule has 0 fully saturated rings. The van der Waals surface area contributed by atoms with E-state index in [4.69, 9.17) is 5.84 Å². The Kier molecular flexibility index (Phi) is 4.21. The van der Waals surface area contributed by atoms with Gasteiger partial charge in [0.1, 0.15) is 5.69 Å². The normalized spacial score (nSPS) is 10.2. The quantitative estimate of drug-likeness (QED) is 0.559. The Hall–Kier alpha value is -2.54. The smallest absolute Gasteiger partial charge is 0.270 e. The van der Waals surface area contributed by atoms with Crippen molar-refractivity contribution < 1.29 is 4.79 Å². The number of hydrogen-bond donors (Lipinski definition) is 3. The van der Waals surface area contributed by atoms with Gasteiger partial charge in [0.05, 0.1) is 0 Å². The first-order valence-corrected chi connectivity index (χ1v) is 6.10. The predicted molar refractivity (Wildman–Crippen MR) is 74.7 cm³/mol. The third kappa shape index (κ3) is 3.27. The number of hydrazine groups is 1. The molecule has 2 aromatic rings. The molecular weight excluding hydrogens is 256 g/mol. The van der Waals surface area contributed by atoms with Crippen molar-refractivity contribution in [2.24, 2.45) is 5.84 Å². The molecule has 4 N–H and O–H groups in total. The number of aryl methyl sites for hydroxylation is 2. The highest BCUT2D eigenvalue weighted by molar-refractivity contribution is 5.92. The highest BCUT2D eigenvalue weighted by Gasteiger charge is 2.10. The number of carbonyl (C=O) groups excluding carboxylic acids is 1. The zero-order valence-electron chi connectivity index (χ0n) is 11.3. The van der Waals surface area contributed by atoms with Gasteiger partial charge in [-0.25, -0.2) is 15.8 Å². The van der Waals surface area contributed by atoms with Gasteiger partial charge in [-0.2, -0.15) is 0 Å². The lowest BCUT2D eigenvalue weighted by Gasteiger charge is -2.08. The second-order valence-electron chi connectivity index (χ2n) is 4.35. The number of pyridine rings is 1. The first-order chi connectivity index (χ1) is 9.60. The Bertz CT molecular complexity index is 628. The van der Waals surface area contributed by atoms with Crippen molar-refractivity contribution in [3.8, 4) is 0 Å². The second-order valence-corrected chi connectivity index (χ2v) is 4.35. The lowest BCUT2D eigenvalue weighted by atomic mass is 10.1. The van der Waals surface area contributed by atoms with Gasteiger partial charge in [0.2, 0.25) is 5.95 Å². The van der Waals surface area contributed by atoms with E-state index < -0.39 is 0 Å². The van der Waals surface area contributed by atoms with Gasteiger partial charge in [0.25, 0.3) is 5.91 Å². The zero-order valence-corrected chi connectivity index (χ0v) is 11.3. The van der Waals surface area contributed by atoms with E-state index in [0.29, 0.717) is 12.2 Å². The van der Waals surface area contributed by atoms with Crippen LogP contribution in [0.2, 0.25) is 0 Å². The Morgan fingerprint density at radius 1 is 1.35 bits per heavy atom. The molecule has 0 saturated carbocycles. The summed E-state index contributed by atoms with van der Waals surface area (Å²) in [6, 6.07) is 3.48. The van der Waals surface area contributed by atoms with Crippen molar-refractivity contribution in [3.63, 3.8) is 0 Å². The van der Waals surface area contributed by atoms with Crippen LogP contribution in [0.1, 0.15) is 27.3 Å². The summed E-state index contributed by atoms with van der Waals surface area (Å²) in [6.07, 6.45) is 3.45. The number of nitrogens with zero attached hydrogens (tertiary/aromatic N) is 3. The fourth-order valence-corrected chi connectivity index (χ4v) is 1.72. The van der Waals surface area contributed by atoms with Gasteiger partial charge in [-0.05, 0) is 37.1 Å². The van der Waals surface area contributed by atoms with Crippen molar-refractivity contribution in [1.82, 2.24) is 20.3 Å². The summed E-state index contributed by atoms with van der Waals surface area (Å²) >= 11 is 0. The molecule has 0 bridgehead atoms. The van der Waals surface area contributed by atoms with E-state index in [1.165, 1.54) is 0 Å². The number of amides is 1. The molecule has 104 valence electrons. The average molecular weight is 272 g/mol. The number of nitrogen functional groups attached to an aromatic ring is 1. The highest BCUT2D eigenvalue weighted by atomic mass is 16.1. The van der Waals surface area contributed by atoms with Gasteiger partial charge >= 0.3 is 0 Å². The Morgan fingerprint density at radius 2 is 2.15 bits per heavy atom. The standard InChI is InChI=1S/C13H16N6O/c1-8-6-15-4-3-10(8)7-16-12(20)11-5-9(2)17-13(18-11)19-14/h3-6H,7,14H2,1-2H3,(H,16,20)(H,17,18,19). The molecule has 2 rings (SSSR count).